The van der Waals surface area contributed by atoms with E-state index in [9.17, 15) is 0 Å². The van der Waals surface area contributed by atoms with Crippen molar-refractivity contribution in [3.8, 4) is 0 Å². The van der Waals surface area contributed by atoms with Crippen molar-refractivity contribution in [2.45, 2.75) is 0 Å². The maximum Gasteiger partial charge on any atom is 0.179 e. The second-order valence-corrected chi connectivity index (χ2v) is 3.25. The maximum absolute atomic E-state index is 5.30. The van der Waals surface area contributed by atoms with Gasteiger partial charge < -0.3 is 14.6 Å². The zero-order valence-corrected chi connectivity index (χ0v) is 9.37. The number of ether oxygens (including phenoxy) is 1. The van der Waals surface area contributed by atoms with Crippen LogP contribution in [0.1, 0.15) is 5.76 Å². The van der Waals surface area contributed by atoms with E-state index in [1.165, 1.54) is 0 Å². The van der Waals surface area contributed by atoms with Crippen molar-refractivity contribution in [1.29, 1.82) is 0 Å². The van der Waals surface area contributed by atoms with E-state index < -0.39 is 0 Å². The molecule has 0 saturated carbocycles. The molecule has 0 atom stereocenters. The Balaban J connectivity index is 2.66. The molecule has 0 aromatic carbocycles. The molecule has 0 saturated heterocycles. The van der Waals surface area contributed by atoms with Gasteiger partial charge in [0.15, 0.2) is 16.3 Å². The molecule has 0 bridgehead atoms. The smallest absolute Gasteiger partial charge is 0.179 e. The van der Waals surface area contributed by atoms with Gasteiger partial charge in [0.25, 0.3) is 0 Å². The highest BCUT2D eigenvalue weighted by Crippen LogP contribution is 2.13. The lowest BCUT2D eigenvalue weighted by Gasteiger charge is -2.01. The molecular weight excluding hydrogens is 250 g/mol. The molecule has 0 unspecified atom stereocenters. The molecule has 1 aromatic rings. The fourth-order valence-corrected chi connectivity index (χ4v) is 1.19. The molecule has 0 radical (unpaired) electrons. The third kappa shape index (κ3) is 3.13. The molecule has 0 aliphatic rings. The van der Waals surface area contributed by atoms with Crippen molar-refractivity contribution in [2.24, 2.45) is 10.8 Å². The number of hydrogen-bond donors (Lipinski definition) is 2. The molecule has 5 nitrogen and oxygen atoms in total. The summed E-state index contributed by atoms with van der Waals surface area (Å²) < 4.78 is 10.8. The first kappa shape index (κ1) is 11.2. The van der Waals surface area contributed by atoms with E-state index in [4.69, 9.17) is 15.0 Å². The van der Waals surface area contributed by atoms with Crippen LogP contribution in [-0.4, -0.2) is 26.1 Å². The molecule has 0 spiro atoms. The number of methoxy groups -OCH3 is 1. The van der Waals surface area contributed by atoms with E-state index in [2.05, 4.69) is 26.3 Å². The Labute approximate surface area is 90.4 Å². The zero-order valence-electron chi connectivity index (χ0n) is 7.79. The van der Waals surface area contributed by atoms with Crippen molar-refractivity contribution in [1.82, 2.24) is 5.43 Å². The lowest BCUT2D eigenvalue weighted by atomic mass is 10.4. The van der Waals surface area contributed by atoms with Gasteiger partial charge in [-0.05, 0) is 28.1 Å². The summed E-state index contributed by atoms with van der Waals surface area (Å²) in [6.07, 6.45) is 0. The highest BCUT2D eigenvalue weighted by molar-refractivity contribution is 9.10. The van der Waals surface area contributed by atoms with E-state index >= 15 is 0 Å². The predicted octanol–water partition coefficient (Wildman–Crippen LogP) is 0.898. The largest absolute Gasteiger partial charge is 0.446 e. The van der Waals surface area contributed by atoms with Gasteiger partial charge in [-0.15, -0.1) is 0 Å². The molecule has 0 fully saturated rings. The molecule has 14 heavy (non-hydrogen) atoms. The monoisotopic (exact) mass is 261 g/mol. The number of rotatable bonds is 4. The number of nitrogens with zero attached hydrogens (tertiary/aromatic N) is 1. The summed E-state index contributed by atoms with van der Waals surface area (Å²) >= 11 is 3.20. The van der Waals surface area contributed by atoms with Crippen molar-refractivity contribution in [2.75, 3.05) is 20.3 Å². The van der Waals surface area contributed by atoms with Crippen LogP contribution in [0.25, 0.3) is 0 Å². The fraction of sp³-hybridized carbons (Fsp3) is 0.375. The zero-order chi connectivity index (χ0) is 10.4. The van der Waals surface area contributed by atoms with Gasteiger partial charge in [-0.3, -0.25) is 4.99 Å². The summed E-state index contributed by atoms with van der Waals surface area (Å²) in [6.45, 7) is 1.08. The van der Waals surface area contributed by atoms with Crippen LogP contribution in [-0.2, 0) is 4.74 Å². The predicted molar refractivity (Wildman–Crippen MR) is 57.0 cm³/mol. The molecule has 0 aliphatic carbocycles. The summed E-state index contributed by atoms with van der Waals surface area (Å²) in [6, 6.07) is 3.55. The lowest BCUT2D eigenvalue weighted by molar-refractivity contribution is 0.208. The van der Waals surface area contributed by atoms with Crippen molar-refractivity contribution in [3.63, 3.8) is 0 Å². The van der Waals surface area contributed by atoms with Crippen LogP contribution in [0, 0.1) is 0 Å². The number of aliphatic imine (C=N–C) groups is 1. The first-order chi connectivity index (χ1) is 6.77. The van der Waals surface area contributed by atoms with E-state index in [1.54, 1.807) is 19.2 Å². The fourth-order valence-electron chi connectivity index (χ4n) is 0.885. The Kier molecular flexibility index (Phi) is 4.64. The van der Waals surface area contributed by atoms with E-state index in [0.29, 0.717) is 29.4 Å². The Morgan fingerprint density at radius 3 is 3.00 bits per heavy atom. The van der Waals surface area contributed by atoms with Crippen molar-refractivity contribution >= 4 is 21.8 Å². The number of hydrazine groups is 1. The lowest BCUT2D eigenvalue weighted by Crippen LogP contribution is -2.31. The molecular formula is C8H12BrN3O2. The van der Waals surface area contributed by atoms with E-state index in [1.807, 2.05) is 0 Å². The van der Waals surface area contributed by atoms with Gasteiger partial charge in [-0.25, -0.2) is 5.84 Å². The number of furan rings is 1. The maximum atomic E-state index is 5.30. The molecule has 6 heteroatoms. The van der Waals surface area contributed by atoms with Crippen molar-refractivity contribution in [3.05, 3.63) is 22.6 Å². The normalized spacial score (nSPS) is 11.8. The molecule has 1 rings (SSSR count). The minimum atomic E-state index is 0.507. The molecule has 1 heterocycles. The summed E-state index contributed by atoms with van der Waals surface area (Å²) in [7, 11) is 1.62. The van der Waals surface area contributed by atoms with Gasteiger partial charge in [0.05, 0.1) is 13.2 Å². The van der Waals surface area contributed by atoms with Gasteiger partial charge in [0.1, 0.15) is 0 Å². The Hall–Kier alpha value is -0.850. The van der Waals surface area contributed by atoms with Crippen LogP contribution in [0.4, 0.5) is 0 Å². The van der Waals surface area contributed by atoms with Gasteiger partial charge in [-0.2, -0.15) is 0 Å². The molecule has 0 aliphatic heterocycles. The topological polar surface area (TPSA) is 72.8 Å². The van der Waals surface area contributed by atoms with Gasteiger partial charge >= 0.3 is 0 Å². The number of hydrogen-bond acceptors (Lipinski definition) is 4. The molecule has 78 valence electrons. The van der Waals surface area contributed by atoms with Gasteiger partial charge in [0, 0.05) is 7.11 Å². The second-order valence-electron chi connectivity index (χ2n) is 2.47. The first-order valence-electron chi connectivity index (χ1n) is 4.03. The molecule has 0 amide bonds. The average molecular weight is 262 g/mol. The highest BCUT2D eigenvalue weighted by atomic mass is 79.9. The van der Waals surface area contributed by atoms with Crippen LogP contribution >= 0.6 is 15.9 Å². The number of nitrogens with one attached hydrogen (secondary N) is 1. The average Bonchev–Trinajstić information content (AvgIpc) is 2.60. The standard InChI is InChI=1S/C8H12BrN3O2/c1-13-5-4-11-8(12-10)6-2-3-7(9)14-6/h2-3H,4-5,10H2,1H3,(H,11,12). The SMILES string of the molecule is COCCN=C(NN)c1ccc(Br)o1. The summed E-state index contributed by atoms with van der Waals surface area (Å²) in [4.78, 5) is 4.16. The Morgan fingerprint density at radius 1 is 1.71 bits per heavy atom. The number of halogens is 1. The van der Waals surface area contributed by atoms with E-state index in [0.717, 1.165) is 0 Å². The Morgan fingerprint density at radius 2 is 2.50 bits per heavy atom. The number of nitrogens with two attached hydrogens (primary N) is 1. The quantitative estimate of drug-likeness (QED) is 0.278. The van der Waals surface area contributed by atoms with Gasteiger partial charge in [-0.1, -0.05) is 0 Å². The third-order valence-electron chi connectivity index (χ3n) is 1.51. The van der Waals surface area contributed by atoms with Crippen LogP contribution in [0.3, 0.4) is 0 Å². The summed E-state index contributed by atoms with van der Waals surface area (Å²) in [5.74, 6) is 6.40. The van der Waals surface area contributed by atoms with Crippen LogP contribution in [0.15, 0.2) is 26.2 Å². The van der Waals surface area contributed by atoms with Crippen LogP contribution in [0.5, 0.6) is 0 Å². The van der Waals surface area contributed by atoms with Crippen molar-refractivity contribution < 1.29 is 9.15 Å². The highest BCUT2D eigenvalue weighted by Gasteiger charge is 2.05. The minimum Gasteiger partial charge on any atom is -0.446 e. The van der Waals surface area contributed by atoms with E-state index in [-0.39, 0.29) is 0 Å². The summed E-state index contributed by atoms with van der Waals surface area (Å²) in [5.41, 5.74) is 2.47. The second kappa shape index (κ2) is 5.79. The first-order valence-corrected chi connectivity index (χ1v) is 4.83. The summed E-state index contributed by atoms with van der Waals surface area (Å²) in [5, 5.41) is 0. The van der Waals surface area contributed by atoms with Gasteiger partial charge in [0.2, 0.25) is 0 Å². The number of amidine groups is 1. The van der Waals surface area contributed by atoms with Crippen LogP contribution in [0.2, 0.25) is 0 Å². The van der Waals surface area contributed by atoms with Crippen LogP contribution < -0.4 is 11.3 Å². The Bertz CT molecular complexity index is 311. The minimum absolute atomic E-state index is 0.507. The third-order valence-corrected chi connectivity index (χ3v) is 1.93. The molecule has 1 aromatic heterocycles. The molecule has 3 N–H and O–H groups in total.